The first kappa shape index (κ1) is 17.7. The molecule has 1 amide bonds. The Kier molecular flexibility index (Phi) is 5.99. The van der Waals surface area contributed by atoms with Crippen molar-refractivity contribution in [3.63, 3.8) is 0 Å². The van der Waals surface area contributed by atoms with Gasteiger partial charge in [0.2, 0.25) is 0 Å². The molecule has 6 heteroatoms. The van der Waals surface area contributed by atoms with Gasteiger partial charge in [-0.1, -0.05) is 35.3 Å². The Bertz CT molecular complexity index is 709. The topological polar surface area (TPSA) is 33.5 Å². The van der Waals surface area contributed by atoms with E-state index in [0.29, 0.717) is 17.3 Å². The first-order chi connectivity index (χ1) is 10.9. The zero-order valence-corrected chi connectivity index (χ0v) is 14.4. The van der Waals surface area contributed by atoms with Gasteiger partial charge in [0, 0.05) is 10.6 Å². The van der Waals surface area contributed by atoms with E-state index in [-0.39, 0.29) is 17.0 Å². The van der Waals surface area contributed by atoms with Crippen LogP contribution in [0.15, 0.2) is 42.5 Å². The summed E-state index contributed by atoms with van der Waals surface area (Å²) in [4.78, 5) is 13.3. The monoisotopic (exact) mass is 355 g/mol. The molecule has 0 saturated heterocycles. The summed E-state index contributed by atoms with van der Waals surface area (Å²) in [5.74, 6) is -0.622. The minimum Gasteiger partial charge on any atom is -0.324 e. The number of rotatable bonds is 5. The molecule has 3 nitrogen and oxygen atoms in total. The Labute approximate surface area is 145 Å². The van der Waals surface area contributed by atoms with Crippen LogP contribution in [0.2, 0.25) is 10.0 Å². The quantitative estimate of drug-likeness (QED) is 0.848. The van der Waals surface area contributed by atoms with Gasteiger partial charge in [0.05, 0.1) is 17.8 Å². The molecule has 0 heterocycles. The summed E-state index contributed by atoms with van der Waals surface area (Å²) in [6.07, 6.45) is 0. The van der Waals surface area contributed by atoms with Crippen molar-refractivity contribution in [2.24, 2.45) is 0 Å². The number of carbonyl (C=O) groups excluding carboxylic acids is 1. The first-order valence-electron chi connectivity index (χ1n) is 7.19. The minimum atomic E-state index is -0.440. The van der Waals surface area contributed by atoms with Crippen molar-refractivity contribution in [1.29, 1.82) is 0 Å². The Morgan fingerprint density at radius 1 is 1.26 bits per heavy atom. The second-order valence-electron chi connectivity index (χ2n) is 5.49. The van der Waals surface area contributed by atoms with Gasteiger partial charge < -0.3 is 10.2 Å². The van der Waals surface area contributed by atoms with E-state index in [1.54, 1.807) is 0 Å². The van der Waals surface area contributed by atoms with Gasteiger partial charge in [0.15, 0.2) is 6.04 Å². The van der Waals surface area contributed by atoms with Gasteiger partial charge >= 0.3 is 0 Å². The van der Waals surface area contributed by atoms with E-state index in [0.717, 1.165) is 10.5 Å². The predicted molar refractivity (Wildman–Crippen MR) is 91.5 cm³/mol. The molecule has 2 aromatic carbocycles. The van der Waals surface area contributed by atoms with E-state index in [9.17, 15) is 9.18 Å². The highest BCUT2D eigenvalue weighted by molar-refractivity contribution is 6.33. The molecule has 0 aliphatic rings. The summed E-state index contributed by atoms with van der Waals surface area (Å²) >= 11 is 11.9. The van der Waals surface area contributed by atoms with Crippen molar-refractivity contribution < 1.29 is 14.1 Å². The number of benzene rings is 2. The largest absolute Gasteiger partial charge is 0.324 e. The van der Waals surface area contributed by atoms with Crippen LogP contribution in [0.3, 0.4) is 0 Å². The average Bonchev–Trinajstić information content (AvgIpc) is 2.49. The zero-order valence-electron chi connectivity index (χ0n) is 12.9. The number of amides is 1. The number of likely N-dealkylation sites (N-methyl/N-ethyl adjacent to an activating group) is 1. The maximum absolute atomic E-state index is 13.0. The Morgan fingerprint density at radius 3 is 2.65 bits per heavy atom. The lowest BCUT2D eigenvalue weighted by molar-refractivity contribution is -0.907. The van der Waals surface area contributed by atoms with Crippen LogP contribution in [-0.4, -0.2) is 19.0 Å². The lowest BCUT2D eigenvalue weighted by atomic mass is 10.2. The second kappa shape index (κ2) is 7.77. The Morgan fingerprint density at radius 2 is 2.00 bits per heavy atom. The van der Waals surface area contributed by atoms with Crippen LogP contribution in [0, 0.1) is 5.82 Å². The zero-order chi connectivity index (χ0) is 17.0. The SMILES string of the molecule is C[C@H](C(=O)Nc1ccc(F)cc1Cl)[NH+](C)Cc1cccc(Cl)c1. The number of anilines is 1. The molecule has 122 valence electrons. The maximum Gasteiger partial charge on any atom is 0.282 e. The molecule has 2 N–H and O–H groups in total. The lowest BCUT2D eigenvalue weighted by Crippen LogP contribution is -3.12. The molecule has 0 spiro atoms. The van der Waals surface area contributed by atoms with Crippen LogP contribution in [-0.2, 0) is 11.3 Å². The molecular weight excluding hydrogens is 338 g/mol. The van der Waals surface area contributed by atoms with Gasteiger partial charge in [-0.3, -0.25) is 4.79 Å². The van der Waals surface area contributed by atoms with Crippen molar-refractivity contribution in [3.8, 4) is 0 Å². The fourth-order valence-corrected chi connectivity index (χ4v) is 2.60. The van der Waals surface area contributed by atoms with Crippen LogP contribution >= 0.6 is 23.2 Å². The fourth-order valence-electron chi connectivity index (χ4n) is 2.18. The van der Waals surface area contributed by atoms with Gasteiger partial charge in [0.1, 0.15) is 12.4 Å². The number of carbonyl (C=O) groups is 1. The molecule has 0 aliphatic heterocycles. The third kappa shape index (κ3) is 4.93. The minimum absolute atomic E-state index is 0.179. The third-order valence-electron chi connectivity index (χ3n) is 3.69. The van der Waals surface area contributed by atoms with Crippen LogP contribution in [0.1, 0.15) is 12.5 Å². The molecule has 0 radical (unpaired) electrons. The van der Waals surface area contributed by atoms with Crippen LogP contribution in [0.5, 0.6) is 0 Å². The molecule has 0 aromatic heterocycles. The molecule has 2 rings (SSSR count). The average molecular weight is 356 g/mol. The summed E-state index contributed by atoms with van der Waals surface area (Å²) in [5, 5.41) is 3.58. The van der Waals surface area contributed by atoms with Crippen molar-refractivity contribution in [3.05, 3.63) is 63.9 Å². The normalized spacial score (nSPS) is 13.4. The smallest absolute Gasteiger partial charge is 0.282 e. The van der Waals surface area contributed by atoms with E-state index < -0.39 is 5.82 Å². The van der Waals surface area contributed by atoms with Gasteiger partial charge in [-0.25, -0.2) is 4.39 Å². The molecule has 23 heavy (non-hydrogen) atoms. The molecule has 1 unspecified atom stereocenters. The highest BCUT2D eigenvalue weighted by atomic mass is 35.5. The highest BCUT2D eigenvalue weighted by Gasteiger charge is 2.22. The van der Waals surface area contributed by atoms with Gasteiger partial charge in [0.25, 0.3) is 5.91 Å². The summed E-state index contributed by atoms with van der Waals surface area (Å²) in [7, 11) is 1.93. The van der Waals surface area contributed by atoms with E-state index in [2.05, 4.69) is 5.32 Å². The van der Waals surface area contributed by atoms with Crippen molar-refractivity contribution >= 4 is 34.8 Å². The van der Waals surface area contributed by atoms with Gasteiger partial charge in [-0.05, 0) is 37.3 Å². The highest BCUT2D eigenvalue weighted by Crippen LogP contribution is 2.22. The second-order valence-corrected chi connectivity index (χ2v) is 6.33. The summed E-state index contributed by atoms with van der Waals surface area (Å²) < 4.78 is 13.0. The summed E-state index contributed by atoms with van der Waals surface area (Å²) in [5.41, 5.74) is 1.45. The van der Waals surface area contributed by atoms with E-state index in [4.69, 9.17) is 23.2 Å². The number of halogens is 3. The fraction of sp³-hybridized carbons (Fsp3) is 0.235. The lowest BCUT2D eigenvalue weighted by Gasteiger charge is -2.21. The Balaban J connectivity index is 2.01. The molecule has 2 atom stereocenters. The van der Waals surface area contributed by atoms with Crippen molar-refractivity contribution in [1.82, 2.24) is 0 Å². The van der Waals surface area contributed by atoms with E-state index in [1.165, 1.54) is 18.2 Å². The standard InChI is InChI=1S/C17H17Cl2FN2O/c1-11(22(2)10-12-4-3-5-13(18)8-12)17(23)21-16-7-6-14(20)9-15(16)19/h3-9,11H,10H2,1-2H3,(H,21,23)/p+1/t11-/m1/s1. The number of hydrogen-bond donors (Lipinski definition) is 2. The van der Waals surface area contributed by atoms with Crippen molar-refractivity contribution in [2.75, 3.05) is 12.4 Å². The maximum atomic E-state index is 13.0. The van der Waals surface area contributed by atoms with Gasteiger partial charge in [-0.15, -0.1) is 0 Å². The van der Waals surface area contributed by atoms with Crippen LogP contribution in [0.25, 0.3) is 0 Å². The van der Waals surface area contributed by atoms with E-state index in [1.807, 2.05) is 38.2 Å². The number of nitrogens with one attached hydrogen (secondary N) is 2. The molecule has 0 bridgehead atoms. The van der Waals surface area contributed by atoms with Crippen molar-refractivity contribution in [2.45, 2.75) is 19.5 Å². The molecular formula is C17H18Cl2FN2O+. The molecule has 0 saturated carbocycles. The van der Waals surface area contributed by atoms with Crippen LogP contribution in [0.4, 0.5) is 10.1 Å². The summed E-state index contributed by atoms with van der Waals surface area (Å²) in [6.45, 7) is 2.49. The third-order valence-corrected chi connectivity index (χ3v) is 4.24. The number of quaternary nitrogens is 1. The van der Waals surface area contributed by atoms with Gasteiger partial charge in [-0.2, -0.15) is 0 Å². The molecule has 2 aromatic rings. The number of hydrogen-bond acceptors (Lipinski definition) is 1. The van der Waals surface area contributed by atoms with Crippen LogP contribution < -0.4 is 10.2 Å². The predicted octanol–water partition coefficient (Wildman–Crippen LogP) is 3.17. The Hall–Kier alpha value is -1.62. The first-order valence-corrected chi connectivity index (χ1v) is 7.95. The van der Waals surface area contributed by atoms with E-state index >= 15 is 0 Å². The summed E-state index contributed by atoms with van der Waals surface area (Å²) in [6, 6.07) is 11.1. The molecule has 0 aliphatic carbocycles. The molecule has 0 fully saturated rings.